The number of ether oxygens (including phenoxy) is 1. The summed E-state index contributed by atoms with van der Waals surface area (Å²) in [6, 6.07) is 16.5. The van der Waals surface area contributed by atoms with Crippen molar-refractivity contribution in [1.29, 1.82) is 0 Å². The van der Waals surface area contributed by atoms with Gasteiger partial charge in [-0.25, -0.2) is 4.98 Å². The number of rotatable bonds is 5. The Morgan fingerprint density at radius 2 is 1.85 bits per heavy atom. The molecule has 1 fully saturated rings. The number of aromatic nitrogens is 3. The second kappa shape index (κ2) is 8.14. The summed E-state index contributed by atoms with van der Waals surface area (Å²) in [5.74, 6) is 1.77. The second-order valence-electron chi connectivity index (χ2n) is 6.57. The zero-order valence-electron chi connectivity index (χ0n) is 15.4. The average molecular weight is 361 g/mol. The Balaban J connectivity index is 1.47. The van der Waals surface area contributed by atoms with Crippen LogP contribution in [0.3, 0.4) is 0 Å². The smallest absolute Gasteiger partial charge is 0.149 e. The van der Waals surface area contributed by atoms with Crippen molar-refractivity contribution in [2.45, 2.75) is 13.5 Å². The number of benzene rings is 1. The summed E-state index contributed by atoms with van der Waals surface area (Å²) < 4.78 is 5.42. The molecule has 3 heterocycles. The van der Waals surface area contributed by atoms with Gasteiger partial charge in [0.2, 0.25) is 0 Å². The van der Waals surface area contributed by atoms with Crippen LogP contribution in [0, 0.1) is 6.92 Å². The number of morpholine rings is 1. The van der Waals surface area contributed by atoms with E-state index in [4.69, 9.17) is 4.74 Å². The highest BCUT2D eigenvalue weighted by Gasteiger charge is 2.12. The molecule has 0 radical (unpaired) electrons. The van der Waals surface area contributed by atoms with E-state index in [1.54, 1.807) is 0 Å². The van der Waals surface area contributed by atoms with Crippen LogP contribution in [0.15, 0.2) is 54.7 Å². The Morgan fingerprint density at radius 3 is 2.67 bits per heavy atom. The third kappa shape index (κ3) is 4.23. The standard InChI is InChI=1S/C21H23N5O/c1-16-19(18-5-3-2-4-6-18)14-20(25-24-16)23-15-17-7-8-22-21(13-17)26-9-11-27-12-10-26/h2-8,13-14H,9-12,15H2,1H3,(H,23,25). The van der Waals surface area contributed by atoms with Crippen molar-refractivity contribution in [3.05, 3.63) is 66.0 Å². The van der Waals surface area contributed by atoms with Crippen LogP contribution < -0.4 is 10.2 Å². The minimum absolute atomic E-state index is 0.672. The highest BCUT2D eigenvalue weighted by Crippen LogP contribution is 2.24. The third-order valence-electron chi connectivity index (χ3n) is 4.68. The van der Waals surface area contributed by atoms with Gasteiger partial charge in [0.15, 0.2) is 0 Å². The Hall–Kier alpha value is -2.99. The second-order valence-corrected chi connectivity index (χ2v) is 6.57. The molecule has 6 nitrogen and oxygen atoms in total. The summed E-state index contributed by atoms with van der Waals surface area (Å²) >= 11 is 0. The molecular weight excluding hydrogens is 338 g/mol. The summed E-state index contributed by atoms with van der Waals surface area (Å²) in [6.07, 6.45) is 1.86. The lowest BCUT2D eigenvalue weighted by molar-refractivity contribution is 0.122. The quantitative estimate of drug-likeness (QED) is 0.752. The lowest BCUT2D eigenvalue weighted by Crippen LogP contribution is -2.36. The topological polar surface area (TPSA) is 63.2 Å². The first kappa shape index (κ1) is 17.4. The van der Waals surface area contributed by atoms with Crippen LogP contribution in [0.25, 0.3) is 11.1 Å². The fourth-order valence-corrected chi connectivity index (χ4v) is 3.18. The number of hydrogen-bond donors (Lipinski definition) is 1. The van der Waals surface area contributed by atoms with Gasteiger partial charge < -0.3 is 15.0 Å². The summed E-state index contributed by atoms with van der Waals surface area (Å²) in [6.45, 7) is 5.93. The van der Waals surface area contributed by atoms with E-state index in [9.17, 15) is 0 Å². The monoisotopic (exact) mass is 361 g/mol. The van der Waals surface area contributed by atoms with Crippen LogP contribution in [0.2, 0.25) is 0 Å². The first-order valence-corrected chi connectivity index (χ1v) is 9.21. The first-order valence-electron chi connectivity index (χ1n) is 9.21. The van der Waals surface area contributed by atoms with Crippen molar-refractivity contribution in [2.24, 2.45) is 0 Å². The van der Waals surface area contributed by atoms with Crippen LogP contribution in [-0.2, 0) is 11.3 Å². The van der Waals surface area contributed by atoms with Crippen LogP contribution in [-0.4, -0.2) is 41.5 Å². The SMILES string of the molecule is Cc1nnc(NCc2ccnc(N3CCOCC3)c2)cc1-c1ccccc1. The minimum atomic E-state index is 0.672. The van der Waals surface area contributed by atoms with Crippen molar-refractivity contribution in [2.75, 3.05) is 36.5 Å². The summed E-state index contributed by atoms with van der Waals surface area (Å²) in [4.78, 5) is 6.75. The molecule has 27 heavy (non-hydrogen) atoms. The summed E-state index contributed by atoms with van der Waals surface area (Å²) in [7, 11) is 0. The molecular formula is C21H23N5O. The van der Waals surface area contributed by atoms with Crippen LogP contribution in [0.4, 0.5) is 11.6 Å². The Morgan fingerprint density at radius 1 is 1.04 bits per heavy atom. The molecule has 0 bridgehead atoms. The van der Waals surface area contributed by atoms with E-state index < -0.39 is 0 Å². The van der Waals surface area contributed by atoms with E-state index in [1.165, 1.54) is 0 Å². The molecule has 138 valence electrons. The van der Waals surface area contributed by atoms with Gasteiger partial charge in [0.05, 0.1) is 18.9 Å². The zero-order chi connectivity index (χ0) is 18.5. The maximum absolute atomic E-state index is 5.42. The molecule has 1 aliphatic rings. The third-order valence-corrected chi connectivity index (χ3v) is 4.68. The molecule has 1 saturated heterocycles. The van der Waals surface area contributed by atoms with Crippen LogP contribution in [0.1, 0.15) is 11.3 Å². The van der Waals surface area contributed by atoms with E-state index in [1.807, 2.05) is 37.4 Å². The zero-order valence-corrected chi connectivity index (χ0v) is 15.4. The largest absolute Gasteiger partial charge is 0.378 e. The molecule has 1 N–H and O–H groups in total. The molecule has 0 spiro atoms. The molecule has 1 aromatic carbocycles. The summed E-state index contributed by atoms with van der Waals surface area (Å²) in [5, 5.41) is 12.0. The van der Waals surface area contributed by atoms with Gasteiger partial charge in [0, 0.05) is 31.4 Å². The van der Waals surface area contributed by atoms with Gasteiger partial charge in [-0.1, -0.05) is 30.3 Å². The van der Waals surface area contributed by atoms with Crippen molar-refractivity contribution in [3.8, 4) is 11.1 Å². The summed E-state index contributed by atoms with van der Waals surface area (Å²) in [5.41, 5.74) is 4.32. The highest BCUT2D eigenvalue weighted by atomic mass is 16.5. The normalized spacial score (nSPS) is 14.2. The first-order chi connectivity index (χ1) is 13.3. The van der Waals surface area contributed by atoms with Crippen LogP contribution in [0.5, 0.6) is 0 Å². The molecule has 0 unspecified atom stereocenters. The predicted molar refractivity (Wildman–Crippen MR) is 107 cm³/mol. The molecule has 3 aromatic rings. The van der Waals surface area contributed by atoms with Gasteiger partial charge >= 0.3 is 0 Å². The predicted octanol–water partition coefficient (Wildman–Crippen LogP) is 3.30. The molecule has 0 saturated carbocycles. The van der Waals surface area contributed by atoms with Gasteiger partial charge in [-0.3, -0.25) is 0 Å². The number of hydrogen-bond acceptors (Lipinski definition) is 6. The van der Waals surface area contributed by atoms with Crippen LogP contribution >= 0.6 is 0 Å². The number of nitrogens with zero attached hydrogens (tertiary/aromatic N) is 4. The Kier molecular flexibility index (Phi) is 5.25. The fourth-order valence-electron chi connectivity index (χ4n) is 3.18. The van der Waals surface area contributed by atoms with Gasteiger partial charge in [-0.05, 0) is 36.2 Å². The average Bonchev–Trinajstić information content (AvgIpc) is 2.75. The molecule has 0 atom stereocenters. The van der Waals surface area contributed by atoms with Crippen molar-refractivity contribution in [1.82, 2.24) is 15.2 Å². The number of aryl methyl sites for hydroxylation is 1. The minimum Gasteiger partial charge on any atom is -0.378 e. The lowest BCUT2D eigenvalue weighted by atomic mass is 10.1. The molecule has 0 aliphatic carbocycles. The van der Waals surface area contributed by atoms with Crippen molar-refractivity contribution < 1.29 is 4.74 Å². The molecule has 1 aliphatic heterocycles. The van der Waals surface area contributed by atoms with E-state index in [-0.39, 0.29) is 0 Å². The lowest BCUT2D eigenvalue weighted by Gasteiger charge is -2.28. The van der Waals surface area contributed by atoms with E-state index in [2.05, 4.69) is 49.7 Å². The van der Waals surface area contributed by atoms with Crippen molar-refractivity contribution in [3.63, 3.8) is 0 Å². The number of nitrogens with one attached hydrogen (secondary N) is 1. The van der Waals surface area contributed by atoms with Gasteiger partial charge in [0.1, 0.15) is 11.6 Å². The van der Waals surface area contributed by atoms with Gasteiger partial charge in [0.25, 0.3) is 0 Å². The van der Waals surface area contributed by atoms with E-state index >= 15 is 0 Å². The van der Waals surface area contributed by atoms with Crippen molar-refractivity contribution >= 4 is 11.6 Å². The Bertz CT molecular complexity index is 894. The van der Waals surface area contributed by atoms with Gasteiger partial charge in [-0.15, -0.1) is 5.10 Å². The van der Waals surface area contributed by atoms with Gasteiger partial charge in [-0.2, -0.15) is 5.10 Å². The molecule has 4 rings (SSSR count). The van der Waals surface area contributed by atoms with E-state index in [0.717, 1.165) is 60.3 Å². The maximum Gasteiger partial charge on any atom is 0.149 e. The maximum atomic E-state index is 5.42. The molecule has 2 aromatic heterocycles. The number of pyridine rings is 1. The fraction of sp³-hybridized carbons (Fsp3) is 0.286. The molecule has 0 amide bonds. The Labute approximate surface area is 159 Å². The number of anilines is 2. The molecule has 6 heteroatoms. The van der Waals surface area contributed by atoms with E-state index in [0.29, 0.717) is 6.54 Å². The highest BCUT2D eigenvalue weighted by molar-refractivity contribution is 5.68.